The third-order valence-electron chi connectivity index (χ3n) is 5.49. The van der Waals surface area contributed by atoms with Gasteiger partial charge in [-0.15, -0.1) is 17.4 Å². The first-order valence-electron chi connectivity index (χ1n) is 12.0. The molecular formula is C28H38ClN3O7. The number of carbonyl (C=O) groups is 4. The molecule has 2 N–H and O–H groups in total. The van der Waals surface area contributed by atoms with Crippen LogP contribution < -0.4 is 10.5 Å². The molecule has 0 spiro atoms. The Kier molecular flexibility index (Phi) is 11.1. The van der Waals surface area contributed by atoms with Gasteiger partial charge in [0.25, 0.3) is 11.8 Å². The standard InChI is InChI=1S/C28H37N3O7.ClH/c1-17-13-18(2)15-20(14-17)23(32)31(27(4,5)6)30(26(35)38-16-37-25(34)28(7,8)29)24(33)21-11-10-12-22(36-9)19(21)3;/h10-15H,16,29H2,1-9H3;1H. The van der Waals surface area contributed by atoms with Crippen molar-refractivity contribution >= 4 is 36.3 Å². The molecule has 0 aromatic heterocycles. The summed E-state index contributed by atoms with van der Waals surface area (Å²) in [6, 6.07) is 10.0. The molecule has 0 unspecified atom stereocenters. The minimum Gasteiger partial charge on any atom is -0.496 e. The summed E-state index contributed by atoms with van der Waals surface area (Å²) in [5.41, 5.74) is 5.85. The quantitative estimate of drug-likeness (QED) is 0.304. The smallest absolute Gasteiger partial charge is 0.439 e. The molecule has 0 saturated carbocycles. The van der Waals surface area contributed by atoms with Crippen LogP contribution in [-0.2, 0) is 14.3 Å². The van der Waals surface area contributed by atoms with Gasteiger partial charge in [0.2, 0.25) is 6.79 Å². The first-order valence-corrected chi connectivity index (χ1v) is 12.0. The zero-order chi connectivity index (χ0) is 29.0. The first-order chi connectivity index (χ1) is 17.5. The minimum absolute atomic E-state index is 0. The molecule has 11 heteroatoms. The number of nitrogens with zero attached hydrogens (tertiary/aromatic N) is 2. The van der Waals surface area contributed by atoms with Gasteiger partial charge in [-0.3, -0.25) is 9.59 Å². The van der Waals surface area contributed by atoms with E-state index in [4.69, 9.17) is 19.9 Å². The van der Waals surface area contributed by atoms with Gasteiger partial charge in [-0.2, -0.15) is 0 Å². The molecule has 0 aliphatic heterocycles. The Morgan fingerprint density at radius 2 is 1.44 bits per heavy atom. The maximum atomic E-state index is 13.9. The molecule has 0 fully saturated rings. The van der Waals surface area contributed by atoms with E-state index in [-0.39, 0.29) is 23.5 Å². The molecule has 0 saturated heterocycles. The van der Waals surface area contributed by atoms with Crippen molar-refractivity contribution < 1.29 is 33.4 Å². The van der Waals surface area contributed by atoms with Crippen molar-refractivity contribution in [2.24, 2.45) is 5.73 Å². The fraction of sp³-hybridized carbons (Fsp3) is 0.429. The predicted octanol–water partition coefficient (Wildman–Crippen LogP) is 4.71. The average molecular weight is 564 g/mol. The summed E-state index contributed by atoms with van der Waals surface area (Å²) in [7, 11) is 1.46. The highest BCUT2D eigenvalue weighted by atomic mass is 35.5. The van der Waals surface area contributed by atoms with Crippen LogP contribution in [0.5, 0.6) is 5.75 Å². The fourth-order valence-corrected chi connectivity index (χ4v) is 3.73. The number of benzene rings is 2. The zero-order valence-corrected chi connectivity index (χ0v) is 24.7. The Balaban J connectivity index is 0.00000760. The van der Waals surface area contributed by atoms with Crippen LogP contribution in [0.25, 0.3) is 0 Å². The number of hydrogen-bond donors (Lipinski definition) is 1. The van der Waals surface area contributed by atoms with Crippen molar-refractivity contribution in [3.8, 4) is 5.75 Å². The average Bonchev–Trinajstić information content (AvgIpc) is 2.79. The lowest BCUT2D eigenvalue weighted by atomic mass is 10.0. The van der Waals surface area contributed by atoms with E-state index in [9.17, 15) is 19.2 Å². The molecule has 39 heavy (non-hydrogen) atoms. The Bertz CT molecular complexity index is 1210. The number of carbonyl (C=O) groups excluding carboxylic acids is 4. The van der Waals surface area contributed by atoms with Crippen molar-refractivity contribution in [2.45, 2.75) is 66.5 Å². The second-order valence-corrected chi connectivity index (χ2v) is 10.6. The fourth-order valence-electron chi connectivity index (χ4n) is 3.73. The number of nitrogens with two attached hydrogens (primary N) is 1. The van der Waals surface area contributed by atoms with Crippen LogP contribution in [0.1, 0.15) is 72.0 Å². The Labute approximate surface area is 235 Å². The van der Waals surface area contributed by atoms with Crippen molar-refractivity contribution in [3.05, 3.63) is 64.2 Å². The van der Waals surface area contributed by atoms with Crippen LogP contribution >= 0.6 is 12.4 Å². The van der Waals surface area contributed by atoms with Crippen molar-refractivity contribution in [3.63, 3.8) is 0 Å². The second-order valence-electron chi connectivity index (χ2n) is 10.6. The minimum atomic E-state index is -1.32. The molecule has 214 valence electrons. The van der Waals surface area contributed by atoms with E-state index < -0.39 is 41.7 Å². The lowest BCUT2D eigenvalue weighted by Crippen LogP contribution is -2.60. The summed E-state index contributed by atoms with van der Waals surface area (Å²) in [6.45, 7) is 12.4. The van der Waals surface area contributed by atoms with Crippen LogP contribution in [0, 0.1) is 20.8 Å². The largest absolute Gasteiger partial charge is 0.496 e. The van der Waals surface area contributed by atoms with E-state index in [1.807, 2.05) is 19.9 Å². The van der Waals surface area contributed by atoms with E-state index in [1.165, 1.54) is 27.0 Å². The molecule has 0 aliphatic carbocycles. The van der Waals surface area contributed by atoms with Gasteiger partial charge in [0, 0.05) is 16.7 Å². The number of methoxy groups -OCH3 is 1. The number of hydrogen-bond acceptors (Lipinski definition) is 8. The SMILES string of the molecule is COc1cccc(C(=O)N(C(=O)OCOC(=O)C(C)(C)N)N(C(=O)c2cc(C)cc(C)c2)C(C)(C)C)c1C.Cl. The van der Waals surface area contributed by atoms with Crippen LogP contribution in [-0.4, -0.2) is 58.9 Å². The molecule has 2 aromatic rings. The Morgan fingerprint density at radius 1 is 0.872 bits per heavy atom. The molecule has 0 atom stereocenters. The predicted molar refractivity (Wildman–Crippen MR) is 149 cm³/mol. The molecule has 0 heterocycles. The molecule has 10 nitrogen and oxygen atoms in total. The Hall–Kier alpha value is -3.63. The van der Waals surface area contributed by atoms with E-state index in [0.717, 1.165) is 16.1 Å². The van der Waals surface area contributed by atoms with Crippen molar-refractivity contribution in [2.75, 3.05) is 13.9 Å². The van der Waals surface area contributed by atoms with Gasteiger partial charge < -0.3 is 19.9 Å². The molecule has 2 rings (SSSR count). The molecule has 2 aromatic carbocycles. The van der Waals surface area contributed by atoms with Crippen molar-refractivity contribution in [1.29, 1.82) is 0 Å². The van der Waals surface area contributed by atoms with E-state index in [1.54, 1.807) is 52.0 Å². The van der Waals surface area contributed by atoms with Gasteiger partial charge in [0.15, 0.2) is 0 Å². The van der Waals surface area contributed by atoms with Gasteiger partial charge in [-0.1, -0.05) is 23.3 Å². The second kappa shape index (κ2) is 12.9. The lowest BCUT2D eigenvalue weighted by Gasteiger charge is -2.41. The number of ether oxygens (including phenoxy) is 3. The highest BCUT2D eigenvalue weighted by Gasteiger charge is 2.42. The summed E-state index contributed by atoms with van der Waals surface area (Å²) in [4.78, 5) is 53.3. The van der Waals surface area contributed by atoms with Gasteiger partial charge in [0.05, 0.1) is 12.6 Å². The highest BCUT2D eigenvalue weighted by molar-refractivity contribution is 6.07. The van der Waals surface area contributed by atoms with Crippen molar-refractivity contribution in [1.82, 2.24) is 10.0 Å². The summed E-state index contributed by atoms with van der Waals surface area (Å²) < 4.78 is 15.4. The molecule has 0 aliphatic rings. The third-order valence-corrected chi connectivity index (χ3v) is 5.49. The van der Waals surface area contributed by atoms with Crippen LogP contribution in [0.2, 0.25) is 0 Å². The van der Waals surface area contributed by atoms with Gasteiger partial charge in [-0.05, 0) is 79.7 Å². The summed E-state index contributed by atoms with van der Waals surface area (Å²) in [5.74, 6) is -1.82. The van der Waals surface area contributed by atoms with E-state index in [0.29, 0.717) is 16.3 Å². The van der Waals surface area contributed by atoms with Crippen LogP contribution in [0.3, 0.4) is 0 Å². The molecular weight excluding hydrogens is 526 g/mol. The number of esters is 1. The monoisotopic (exact) mass is 563 g/mol. The number of imide groups is 1. The maximum absolute atomic E-state index is 13.9. The molecule has 0 radical (unpaired) electrons. The van der Waals surface area contributed by atoms with Gasteiger partial charge in [-0.25, -0.2) is 14.6 Å². The normalized spacial score (nSPS) is 11.1. The van der Waals surface area contributed by atoms with Crippen LogP contribution in [0.4, 0.5) is 4.79 Å². The topological polar surface area (TPSA) is 128 Å². The van der Waals surface area contributed by atoms with Gasteiger partial charge in [0.1, 0.15) is 11.3 Å². The number of aryl methyl sites for hydroxylation is 2. The maximum Gasteiger partial charge on any atom is 0.439 e. The van der Waals surface area contributed by atoms with Crippen LogP contribution in [0.15, 0.2) is 36.4 Å². The zero-order valence-electron chi connectivity index (χ0n) is 23.9. The molecule has 3 amide bonds. The summed E-state index contributed by atoms with van der Waals surface area (Å²) in [6.07, 6.45) is -1.22. The summed E-state index contributed by atoms with van der Waals surface area (Å²) >= 11 is 0. The summed E-state index contributed by atoms with van der Waals surface area (Å²) in [5, 5.41) is 1.67. The first kappa shape index (κ1) is 33.4. The lowest BCUT2D eigenvalue weighted by molar-refractivity contribution is -0.158. The third kappa shape index (κ3) is 8.18. The number of hydrazine groups is 1. The van der Waals surface area contributed by atoms with E-state index >= 15 is 0 Å². The number of amides is 3. The Morgan fingerprint density at radius 3 is 1.92 bits per heavy atom. The van der Waals surface area contributed by atoms with E-state index in [2.05, 4.69) is 0 Å². The van der Waals surface area contributed by atoms with Gasteiger partial charge >= 0.3 is 12.1 Å². The number of halogens is 1. The molecule has 0 bridgehead atoms. The number of rotatable bonds is 6. The highest BCUT2D eigenvalue weighted by Crippen LogP contribution is 2.27.